The summed E-state index contributed by atoms with van der Waals surface area (Å²) in [5.74, 6) is 0.787. The first-order chi connectivity index (χ1) is 8.95. The van der Waals surface area contributed by atoms with E-state index < -0.39 is 5.60 Å². The van der Waals surface area contributed by atoms with Gasteiger partial charge in [0.25, 0.3) is 0 Å². The van der Waals surface area contributed by atoms with Gasteiger partial charge in [0.05, 0.1) is 12.0 Å². The Bertz CT molecular complexity index is 582. The smallest absolute Gasteiger partial charge is 0.223 e. The molecule has 2 rings (SSSR count). The minimum Gasteiger partial charge on any atom is -0.393 e. The topological polar surface area (TPSA) is 104 Å². The van der Waals surface area contributed by atoms with E-state index in [9.17, 15) is 5.11 Å². The van der Waals surface area contributed by atoms with Crippen molar-refractivity contribution in [1.82, 2.24) is 9.97 Å². The summed E-state index contributed by atoms with van der Waals surface area (Å²) < 4.78 is 0. The number of hydrogen-bond acceptors (Lipinski definition) is 7. The summed E-state index contributed by atoms with van der Waals surface area (Å²) in [6.07, 6.45) is 0.925. The summed E-state index contributed by atoms with van der Waals surface area (Å²) in [6, 6.07) is 2.02. The molecule has 0 aromatic carbocycles. The Morgan fingerprint density at radius 1 is 1.47 bits per heavy atom. The summed E-state index contributed by atoms with van der Waals surface area (Å²) in [5.41, 5.74) is 4.48. The quantitative estimate of drug-likeness (QED) is 0.652. The molecular weight excluding hydrogens is 264 g/mol. The van der Waals surface area contributed by atoms with Gasteiger partial charge in [-0.25, -0.2) is 4.98 Å². The lowest BCUT2D eigenvalue weighted by atomic mass is 10.1. The summed E-state index contributed by atoms with van der Waals surface area (Å²) in [6.45, 7) is 3.48. The fourth-order valence-corrected chi connectivity index (χ4v) is 2.60. The molecule has 0 bridgehead atoms. The fraction of sp³-hybridized carbons (Fsp3) is 0.500. The van der Waals surface area contributed by atoms with E-state index in [0.29, 0.717) is 5.82 Å². The van der Waals surface area contributed by atoms with Crippen LogP contribution in [0, 0.1) is 0 Å². The third-order valence-electron chi connectivity index (χ3n) is 2.79. The van der Waals surface area contributed by atoms with Gasteiger partial charge in [-0.3, -0.25) is 0 Å². The minimum absolute atomic E-state index is 0.187. The maximum Gasteiger partial charge on any atom is 0.223 e. The van der Waals surface area contributed by atoms with Crippen LogP contribution in [0.4, 0.5) is 11.8 Å². The van der Waals surface area contributed by atoms with Crippen molar-refractivity contribution in [3.63, 3.8) is 0 Å². The van der Waals surface area contributed by atoms with Crippen LogP contribution >= 0.6 is 11.3 Å². The number of fused-ring (bicyclic) bond motifs is 1. The normalized spacial score (nSPS) is 14.5. The van der Waals surface area contributed by atoms with Crippen molar-refractivity contribution < 1.29 is 10.2 Å². The van der Waals surface area contributed by atoms with E-state index in [-0.39, 0.29) is 19.1 Å². The van der Waals surface area contributed by atoms with Crippen LogP contribution in [0.15, 0.2) is 6.07 Å². The van der Waals surface area contributed by atoms with Crippen LogP contribution in [-0.2, 0) is 6.42 Å². The van der Waals surface area contributed by atoms with Gasteiger partial charge in [-0.15, -0.1) is 11.3 Å². The van der Waals surface area contributed by atoms with E-state index in [1.165, 1.54) is 4.88 Å². The van der Waals surface area contributed by atoms with E-state index in [0.717, 1.165) is 16.6 Å². The van der Waals surface area contributed by atoms with Crippen molar-refractivity contribution in [3.8, 4) is 0 Å². The number of nitrogens with one attached hydrogen (secondary N) is 1. The first-order valence-electron chi connectivity index (χ1n) is 6.08. The molecule has 2 heterocycles. The van der Waals surface area contributed by atoms with Crippen LogP contribution in [0.2, 0.25) is 0 Å². The highest BCUT2D eigenvalue weighted by molar-refractivity contribution is 7.18. The van der Waals surface area contributed by atoms with Crippen molar-refractivity contribution in [2.24, 2.45) is 0 Å². The van der Waals surface area contributed by atoms with Crippen LogP contribution < -0.4 is 11.1 Å². The Kier molecular flexibility index (Phi) is 3.88. The van der Waals surface area contributed by atoms with Gasteiger partial charge in [0.1, 0.15) is 16.2 Å². The van der Waals surface area contributed by atoms with E-state index in [4.69, 9.17) is 10.8 Å². The molecule has 104 valence electrons. The molecule has 0 saturated carbocycles. The Morgan fingerprint density at radius 3 is 2.84 bits per heavy atom. The predicted molar refractivity (Wildman–Crippen MR) is 77.4 cm³/mol. The number of thiophene rings is 1. The maximum absolute atomic E-state index is 9.79. The van der Waals surface area contributed by atoms with Crippen molar-refractivity contribution in [2.45, 2.75) is 25.9 Å². The number of rotatable bonds is 5. The fourth-order valence-electron chi connectivity index (χ4n) is 1.63. The van der Waals surface area contributed by atoms with Crippen molar-refractivity contribution in [3.05, 3.63) is 10.9 Å². The van der Waals surface area contributed by atoms with Crippen LogP contribution in [-0.4, -0.2) is 38.9 Å². The number of aryl methyl sites for hydroxylation is 1. The standard InChI is InChI=1S/C12H18N4O2S/c1-3-7-4-8-9(14-5-12(2,18)6-17)15-11(13)16-10(8)19-7/h4,17-18H,3,5-6H2,1-2H3,(H3,13,14,15,16). The van der Waals surface area contributed by atoms with E-state index in [2.05, 4.69) is 22.2 Å². The molecule has 0 fully saturated rings. The monoisotopic (exact) mass is 282 g/mol. The summed E-state index contributed by atoms with van der Waals surface area (Å²) >= 11 is 1.58. The molecule has 0 aliphatic rings. The Balaban J connectivity index is 2.33. The lowest BCUT2D eigenvalue weighted by Crippen LogP contribution is -2.37. The van der Waals surface area contributed by atoms with Gasteiger partial charge in [0.15, 0.2) is 0 Å². The third-order valence-corrected chi connectivity index (χ3v) is 3.96. The van der Waals surface area contributed by atoms with E-state index >= 15 is 0 Å². The molecule has 1 unspecified atom stereocenters. The number of hydrogen-bond donors (Lipinski definition) is 4. The summed E-state index contributed by atoms with van der Waals surface area (Å²) in [5, 5.41) is 22.7. The van der Waals surface area contributed by atoms with Gasteiger partial charge >= 0.3 is 0 Å². The van der Waals surface area contributed by atoms with Gasteiger partial charge in [0, 0.05) is 11.4 Å². The zero-order valence-corrected chi connectivity index (χ0v) is 11.8. The second kappa shape index (κ2) is 5.28. The van der Waals surface area contributed by atoms with E-state index in [1.807, 2.05) is 6.07 Å². The van der Waals surface area contributed by atoms with Gasteiger partial charge in [-0.05, 0) is 19.4 Å². The zero-order chi connectivity index (χ0) is 14.0. The molecule has 5 N–H and O–H groups in total. The SMILES string of the molecule is CCc1cc2c(NCC(C)(O)CO)nc(N)nc2s1. The van der Waals surface area contributed by atoms with Crippen molar-refractivity contribution in [2.75, 3.05) is 24.2 Å². The number of anilines is 2. The van der Waals surface area contributed by atoms with Crippen LogP contribution in [0.1, 0.15) is 18.7 Å². The van der Waals surface area contributed by atoms with Gasteiger partial charge < -0.3 is 21.3 Å². The molecule has 19 heavy (non-hydrogen) atoms. The molecular formula is C12H18N4O2S. The summed E-state index contributed by atoms with van der Waals surface area (Å²) in [4.78, 5) is 10.4. The highest BCUT2D eigenvalue weighted by atomic mass is 32.1. The Labute approximate surface area is 115 Å². The lowest BCUT2D eigenvalue weighted by Gasteiger charge is -2.21. The largest absolute Gasteiger partial charge is 0.393 e. The molecule has 1 atom stereocenters. The number of nitrogen functional groups attached to an aromatic ring is 1. The molecule has 0 aliphatic carbocycles. The average molecular weight is 282 g/mol. The van der Waals surface area contributed by atoms with E-state index in [1.54, 1.807) is 18.3 Å². The highest BCUT2D eigenvalue weighted by Gasteiger charge is 2.20. The molecule has 0 spiro atoms. The molecule has 6 nitrogen and oxygen atoms in total. The average Bonchev–Trinajstić information content (AvgIpc) is 2.79. The second-order valence-electron chi connectivity index (χ2n) is 4.72. The second-order valence-corrected chi connectivity index (χ2v) is 5.84. The number of nitrogens with zero attached hydrogens (tertiary/aromatic N) is 2. The first-order valence-corrected chi connectivity index (χ1v) is 6.90. The molecule has 2 aromatic heterocycles. The molecule has 0 amide bonds. The highest BCUT2D eigenvalue weighted by Crippen LogP contribution is 2.30. The zero-order valence-electron chi connectivity index (χ0n) is 11.0. The third kappa shape index (κ3) is 3.12. The molecule has 0 radical (unpaired) electrons. The Hall–Kier alpha value is -1.44. The molecule has 0 aliphatic heterocycles. The number of aliphatic hydroxyl groups excluding tert-OH is 1. The van der Waals surface area contributed by atoms with Crippen LogP contribution in [0.5, 0.6) is 0 Å². The van der Waals surface area contributed by atoms with Crippen LogP contribution in [0.3, 0.4) is 0 Å². The van der Waals surface area contributed by atoms with Gasteiger partial charge in [0.2, 0.25) is 5.95 Å². The van der Waals surface area contributed by atoms with Gasteiger partial charge in [-0.2, -0.15) is 4.98 Å². The van der Waals surface area contributed by atoms with Gasteiger partial charge in [-0.1, -0.05) is 6.92 Å². The van der Waals surface area contributed by atoms with Crippen molar-refractivity contribution in [1.29, 1.82) is 0 Å². The molecule has 0 saturated heterocycles. The molecule has 2 aromatic rings. The molecule has 7 heteroatoms. The number of nitrogens with two attached hydrogens (primary N) is 1. The predicted octanol–water partition coefficient (Wildman–Crippen LogP) is 0.991. The van der Waals surface area contributed by atoms with Crippen molar-refractivity contribution >= 4 is 33.3 Å². The number of aromatic nitrogens is 2. The Morgan fingerprint density at radius 2 is 2.21 bits per heavy atom. The lowest BCUT2D eigenvalue weighted by molar-refractivity contribution is 0.0132. The summed E-state index contributed by atoms with van der Waals surface area (Å²) in [7, 11) is 0. The van der Waals surface area contributed by atoms with Crippen LogP contribution in [0.25, 0.3) is 10.2 Å². The first kappa shape index (κ1) is 14.0. The maximum atomic E-state index is 9.79. The minimum atomic E-state index is -1.20. The number of aliphatic hydroxyl groups is 2.